The molecule has 4 nitrogen and oxygen atoms in total. The molecule has 0 atom stereocenters. The van der Waals surface area contributed by atoms with Crippen molar-refractivity contribution in [3.8, 4) is 0 Å². The molecule has 1 aliphatic rings. The molecule has 0 bridgehead atoms. The van der Waals surface area contributed by atoms with E-state index in [4.69, 9.17) is 0 Å². The molecule has 0 aliphatic carbocycles. The van der Waals surface area contributed by atoms with E-state index in [1.54, 1.807) is 0 Å². The molecule has 4 heteroatoms. The molecular formula is C13H16N4. The van der Waals surface area contributed by atoms with Crippen molar-refractivity contribution in [2.24, 2.45) is 7.05 Å². The van der Waals surface area contributed by atoms with Gasteiger partial charge >= 0.3 is 0 Å². The van der Waals surface area contributed by atoms with Crippen LogP contribution in [0.2, 0.25) is 0 Å². The van der Waals surface area contributed by atoms with Gasteiger partial charge in [-0.1, -0.05) is 30.3 Å². The van der Waals surface area contributed by atoms with Crippen LogP contribution in [0.15, 0.2) is 36.5 Å². The highest BCUT2D eigenvalue weighted by Crippen LogP contribution is 2.27. The van der Waals surface area contributed by atoms with Crippen molar-refractivity contribution in [2.75, 3.05) is 23.3 Å². The molecule has 0 saturated heterocycles. The third-order valence-electron chi connectivity index (χ3n) is 3.02. The van der Waals surface area contributed by atoms with Gasteiger partial charge in [0, 0.05) is 26.7 Å². The van der Waals surface area contributed by atoms with Crippen LogP contribution in [0.1, 0.15) is 5.56 Å². The first-order valence-corrected chi connectivity index (χ1v) is 5.89. The summed E-state index contributed by atoms with van der Waals surface area (Å²) in [5.74, 6) is 1.06. The molecule has 1 N–H and O–H groups in total. The SMILES string of the molecule is Cn1cc2c(n1)N(Cc1ccccc1)CCN2. The lowest BCUT2D eigenvalue weighted by Crippen LogP contribution is -2.33. The summed E-state index contributed by atoms with van der Waals surface area (Å²) in [7, 11) is 1.96. The van der Waals surface area contributed by atoms with Gasteiger partial charge < -0.3 is 10.2 Å². The molecular weight excluding hydrogens is 212 g/mol. The number of aromatic nitrogens is 2. The Morgan fingerprint density at radius 3 is 2.94 bits per heavy atom. The molecule has 1 aromatic carbocycles. The Morgan fingerprint density at radius 2 is 2.12 bits per heavy atom. The molecule has 0 fully saturated rings. The van der Waals surface area contributed by atoms with E-state index in [9.17, 15) is 0 Å². The van der Waals surface area contributed by atoms with Crippen molar-refractivity contribution < 1.29 is 0 Å². The normalized spacial score (nSPS) is 14.3. The minimum atomic E-state index is 0.923. The average Bonchev–Trinajstić information content (AvgIpc) is 2.72. The van der Waals surface area contributed by atoms with Crippen molar-refractivity contribution in [1.29, 1.82) is 0 Å². The Bertz CT molecular complexity index is 503. The number of hydrogen-bond acceptors (Lipinski definition) is 3. The van der Waals surface area contributed by atoms with Gasteiger partial charge in [-0.3, -0.25) is 4.68 Å². The van der Waals surface area contributed by atoms with E-state index in [1.807, 2.05) is 24.0 Å². The number of hydrogen-bond donors (Lipinski definition) is 1. The molecule has 88 valence electrons. The van der Waals surface area contributed by atoms with Gasteiger partial charge in [0.1, 0.15) is 0 Å². The number of fused-ring (bicyclic) bond motifs is 1. The fourth-order valence-electron chi connectivity index (χ4n) is 2.22. The zero-order chi connectivity index (χ0) is 11.7. The number of aryl methyl sites for hydroxylation is 1. The van der Waals surface area contributed by atoms with Crippen LogP contribution in [-0.2, 0) is 13.6 Å². The Morgan fingerprint density at radius 1 is 1.29 bits per heavy atom. The highest BCUT2D eigenvalue weighted by molar-refractivity contribution is 5.67. The van der Waals surface area contributed by atoms with Crippen LogP contribution in [0.5, 0.6) is 0 Å². The van der Waals surface area contributed by atoms with Crippen LogP contribution in [0.25, 0.3) is 0 Å². The van der Waals surface area contributed by atoms with Crippen molar-refractivity contribution >= 4 is 11.5 Å². The molecule has 0 saturated carbocycles. The van der Waals surface area contributed by atoms with Crippen LogP contribution < -0.4 is 10.2 Å². The molecule has 1 aromatic heterocycles. The third-order valence-corrected chi connectivity index (χ3v) is 3.02. The lowest BCUT2D eigenvalue weighted by atomic mass is 10.2. The second kappa shape index (κ2) is 4.13. The maximum atomic E-state index is 4.51. The van der Waals surface area contributed by atoms with Crippen LogP contribution in [0.3, 0.4) is 0 Å². The zero-order valence-electron chi connectivity index (χ0n) is 9.93. The zero-order valence-corrected chi connectivity index (χ0v) is 9.93. The second-order valence-electron chi connectivity index (χ2n) is 4.37. The monoisotopic (exact) mass is 228 g/mol. The first-order valence-electron chi connectivity index (χ1n) is 5.89. The van der Waals surface area contributed by atoms with E-state index in [2.05, 4.69) is 39.6 Å². The maximum Gasteiger partial charge on any atom is 0.174 e. The molecule has 3 rings (SSSR count). The molecule has 1 aliphatic heterocycles. The Kier molecular flexibility index (Phi) is 2.48. The van der Waals surface area contributed by atoms with Crippen LogP contribution in [0, 0.1) is 0 Å². The lowest BCUT2D eigenvalue weighted by Gasteiger charge is -2.28. The minimum absolute atomic E-state index is 0.923. The van der Waals surface area contributed by atoms with E-state index in [-0.39, 0.29) is 0 Å². The molecule has 0 radical (unpaired) electrons. The van der Waals surface area contributed by atoms with Gasteiger partial charge in [0.25, 0.3) is 0 Å². The summed E-state index contributed by atoms with van der Waals surface area (Å²) in [6.07, 6.45) is 2.03. The summed E-state index contributed by atoms with van der Waals surface area (Å²) >= 11 is 0. The van der Waals surface area contributed by atoms with Gasteiger partial charge in [0.2, 0.25) is 0 Å². The summed E-state index contributed by atoms with van der Waals surface area (Å²) in [6.45, 7) is 2.90. The Labute approximate surface area is 101 Å². The van der Waals surface area contributed by atoms with Gasteiger partial charge in [-0.25, -0.2) is 0 Å². The van der Waals surface area contributed by atoms with E-state index in [1.165, 1.54) is 5.56 Å². The number of nitrogens with one attached hydrogen (secondary N) is 1. The molecule has 2 heterocycles. The highest BCUT2D eigenvalue weighted by Gasteiger charge is 2.19. The Hall–Kier alpha value is -1.97. The third kappa shape index (κ3) is 1.98. The quantitative estimate of drug-likeness (QED) is 0.851. The molecule has 17 heavy (non-hydrogen) atoms. The molecule has 0 unspecified atom stereocenters. The fraction of sp³-hybridized carbons (Fsp3) is 0.308. The topological polar surface area (TPSA) is 33.1 Å². The van der Waals surface area contributed by atoms with Crippen molar-refractivity contribution in [2.45, 2.75) is 6.54 Å². The summed E-state index contributed by atoms with van der Waals surface area (Å²) in [6, 6.07) is 10.5. The molecule has 2 aromatic rings. The van der Waals surface area contributed by atoms with Crippen LogP contribution >= 0.6 is 0 Å². The predicted molar refractivity (Wildman–Crippen MR) is 69.2 cm³/mol. The summed E-state index contributed by atoms with van der Waals surface area (Å²) in [5.41, 5.74) is 2.46. The second-order valence-corrected chi connectivity index (χ2v) is 4.37. The van der Waals surface area contributed by atoms with Gasteiger partial charge in [0.05, 0.1) is 11.9 Å². The smallest absolute Gasteiger partial charge is 0.174 e. The Balaban J connectivity index is 1.86. The predicted octanol–water partition coefficient (Wildman–Crippen LogP) is 1.85. The van der Waals surface area contributed by atoms with Gasteiger partial charge in [-0.2, -0.15) is 5.10 Å². The van der Waals surface area contributed by atoms with Crippen molar-refractivity contribution in [3.05, 3.63) is 42.1 Å². The van der Waals surface area contributed by atoms with E-state index < -0.39 is 0 Å². The van der Waals surface area contributed by atoms with Crippen molar-refractivity contribution in [1.82, 2.24) is 9.78 Å². The van der Waals surface area contributed by atoms with E-state index >= 15 is 0 Å². The largest absolute Gasteiger partial charge is 0.379 e. The average molecular weight is 228 g/mol. The first kappa shape index (κ1) is 10.2. The number of benzene rings is 1. The summed E-state index contributed by atoms with van der Waals surface area (Å²) in [5, 5.41) is 7.88. The van der Waals surface area contributed by atoms with Gasteiger partial charge in [0.15, 0.2) is 5.82 Å². The maximum absolute atomic E-state index is 4.51. The standard InChI is InChI=1S/C13H16N4/c1-16-10-12-13(15-16)17(8-7-14-12)9-11-5-3-2-4-6-11/h2-6,10,14H,7-9H2,1H3. The van der Waals surface area contributed by atoms with E-state index in [0.29, 0.717) is 0 Å². The molecule has 0 spiro atoms. The van der Waals surface area contributed by atoms with Crippen LogP contribution in [0.4, 0.5) is 11.5 Å². The van der Waals surface area contributed by atoms with Gasteiger partial charge in [-0.05, 0) is 5.56 Å². The molecule has 0 amide bonds. The minimum Gasteiger partial charge on any atom is -0.379 e. The van der Waals surface area contributed by atoms with Crippen LogP contribution in [-0.4, -0.2) is 22.9 Å². The number of rotatable bonds is 2. The van der Waals surface area contributed by atoms with E-state index in [0.717, 1.165) is 31.1 Å². The summed E-state index contributed by atoms with van der Waals surface area (Å²) < 4.78 is 1.86. The highest BCUT2D eigenvalue weighted by atomic mass is 15.4. The number of nitrogens with zero attached hydrogens (tertiary/aromatic N) is 3. The van der Waals surface area contributed by atoms with Gasteiger partial charge in [-0.15, -0.1) is 0 Å². The first-order chi connectivity index (χ1) is 8.33. The summed E-state index contributed by atoms with van der Waals surface area (Å²) in [4.78, 5) is 2.32. The fourth-order valence-corrected chi connectivity index (χ4v) is 2.22. The number of anilines is 2. The lowest BCUT2D eigenvalue weighted by molar-refractivity contribution is 0.726. The van der Waals surface area contributed by atoms with Crippen molar-refractivity contribution in [3.63, 3.8) is 0 Å².